The van der Waals surface area contributed by atoms with Crippen LogP contribution in [-0.2, 0) is 0 Å². The summed E-state index contributed by atoms with van der Waals surface area (Å²) >= 11 is 8.17. The van der Waals surface area contributed by atoms with Crippen LogP contribution in [0.25, 0.3) is 0 Å². The molecule has 0 saturated carbocycles. The standard InChI is InChI=1S/C15H17ClINO/c16-13-10-12(6-7-14(13)17)15(19)18-9-8-11-4-2-1-3-5-11/h4,6-7,10H,1-3,5,8-9H2,(H,18,19). The molecule has 0 spiro atoms. The summed E-state index contributed by atoms with van der Waals surface area (Å²) in [6.45, 7) is 0.703. The summed E-state index contributed by atoms with van der Waals surface area (Å²) < 4.78 is 0.961. The minimum Gasteiger partial charge on any atom is -0.352 e. The third kappa shape index (κ3) is 4.49. The molecule has 1 aromatic rings. The van der Waals surface area contributed by atoms with E-state index in [1.807, 2.05) is 12.1 Å². The average molecular weight is 390 g/mol. The zero-order chi connectivity index (χ0) is 13.7. The predicted octanol–water partition coefficient (Wildman–Crippen LogP) is 4.56. The highest BCUT2D eigenvalue weighted by Crippen LogP contribution is 2.20. The van der Waals surface area contributed by atoms with E-state index >= 15 is 0 Å². The fourth-order valence-electron chi connectivity index (χ4n) is 2.21. The molecule has 102 valence electrons. The topological polar surface area (TPSA) is 29.1 Å². The first-order chi connectivity index (χ1) is 9.16. The van der Waals surface area contributed by atoms with E-state index in [-0.39, 0.29) is 5.91 Å². The van der Waals surface area contributed by atoms with Crippen molar-refractivity contribution in [3.63, 3.8) is 0 Å². The van der Waals surface area contributed by atoms with Crippen molar-refractivity contribution in [2.45, 2.75) is 32.1 Å². The summed E-state index contributed by atoms with van der Waals surface area (Å²) in [4.78, 5) is 12.0. The molecule has 1 amide bonds. The van der Waals surface area contributed by atoms with Crippen LogP contribution in [-0.4, -0.2) is 12.5 Å². The van der Waals surface area contributed by atoms with Crippen molar-refractivity contribution in [3.05, 3.63) is 44.0 Å². The van der Waals surface area contributed by atoms with Gasteiger partial charge in [0.25, 0.3) is 5.91 Å². The van der Waals surface area contributed by atoms with Gasteiger partial charge in [-0.1, -0.05) is 23.3 Å². The molecule has 1 N–H and O–H groups in total. The van der Waals surface area contributed by atoms with Crippen molar-refractivity contribution in [2.75, 3.05) is 6.54 Å². The van der Waals surface area contributed by atoms with Crippen LogP contribution in [0.15, 0.2) is 29.8 Å². The second-order valence-electron chi connectivity index (χ2n) is 4.74. The summed E-state index contributed by atoms with van der Waals surface area (Å²) in [6.07, 6.45) is 8.24. The zero-order valence-corrected chi connectivity index (χ0v) is 13.6. The molecule has 0 fully saturated rings. The lowest BCUT2D eigenvalue weighted by Crippen LogP contribution is -2.24. The molecular weight excluding hydrogens is 373 g/mol. The highest BCUT2D eigenvalue weighted by Gasteiger charge is 2.08. The molecule has 0 unspecified atom stereocenters. The number of halogens is 2. The number of benzene rings is 1. The molecule has 0 atom stereocenters. The number of rotatable bonds is 4. The second kappa shape index (κ2) is 7.29. The Hall–Kier alpha value is -0.550. The van der Waals surface area contributed by atoms with Gasteiger partial charge in [0.1, 0.15) is 0 Å². The zero-order valence-electron chi connectivity index (χ0n) is 10.7. The van der Waals surface area contributed by atoms with E-state index in [2.05, 4.69) is 34.0 Å². The molecule has 4 heteroatoms. The summed E-state index contributed by atoms with van der Waals surface area (Å²) in [5, 5.41) is 3.58. The maximum atomic E-state index is 12.0. The lowest BCUT2D eigenvalue weighted by atomic mass is 9.97. The number of hydrogen-bond acceptors (Lipinski definition) is 1. The molecule has 1 aliphatic carbocycles. The molecule has 0 heterocycles. The van der Waals surface area contributed by atoms with Crippen molar-refractivity contribution >= 4 is 40.1 Å². The van der Waals surface area contributed by atoms with E-state index in [9.17, 15) is 4.79 Å². The maximum Gasteiger partial charge on any atom is 0.251 e. The number of amides is 1. The average Bonchev–Trinajstić information content (AvgIpc) is 2.43. The summed E-state index contributed by atoms with van der Waals surface area (Å²) in [5.74, 6) is -0.0466. The van der Waals surface area contributed by atoms with Crippen molar-refractivity contribution in [1.29, 1.82) is 0 Å². The Bertz CT molecular complexity index is 499. The highest BCUT2D eigenvalue weighted by molar-refractivity contribution is 14.1. The summed E-state index contributed by atoms with van der Waals surface area (Å²) in [7, 11) is 0. The first kappa shape index (κ1) is 14.9. The highest BCUT2D eigenvalue weighted by atomic mass is 127. The molecular formula is C15H17ClINO. The fourth-order valence-corrected chi connectivity index (χ4v) is 2.72. The molecule has 0 aliphatic heterocycles. The quantitative estimate of drug-likeness (QED) is 0.593. The van der Waals surface area contributed by atoms with Crippen molar-refractivity contribution in [2.24, 2.45) is 0 Å². The Morgan fingerprint density at radius 1 is 1.37 bits per heavy atom. The lowest BCUT2D eigenvalue weighted by Gasteiger charge is -2.13. The second-order valence-corrected chi connectivity index (χ2v) is 6.31. The van der Waals surface area contributed by atoms with Crippen molar-refractivity contribution in [3.8, 4) is 0 Å². The Kier molecular flexibility index (Phi) is 5.70. The van der Waals surface area contributed by atoms with Gasteiger partial charge in [0.15, 0.2) is 0 Å². The summed E-state index contributed by atoms with van der Waals surface area (Å²) in [6, 6.07) is 5.39. The number of carbonyl (C=O) groups is 1. The number of nitrogens with one attached hydrogen (secondary N) is 1. The maximum absolute atomic E-state index is 12.0. The van der Waals surface area contributed by atoms with Crippen molar-refractivity contribution < 1.29 is 4.79 Å². The Morgan fingerprint density at radius 3 is 2.89 bits per heavy atom. The summed E-state index contributed by atoms with van der Waals surface area (Å²) in [5.41, 5.74) is 2.11. The molecule has 0 aromatic heterocycles. The van der Waals surface area contributed by atoms with Crippen LogP contribution in [0.5, 0.6) is 0 Å². The predicted molar refractivity (Wildman–Crippen MR) is 87.7 cm³/mol. The van der Waals surface area contributed by atoms with Gasteiger partial charge < -0.3 is 5.32 Å². The molecule has 2 nitrogen and oxygen atoms in total. The van der Waals surface area contributed by atoms with E-state index in [1.165, 1.54) is 31.3 Å². The Labute approximate surface area is 132 Å². The van der Waals surface area contributed by atoms with E-state index in [4.69, 9.17) is 11.6 Å². The molecule has 2 rings (SSSR count). The number of allylic oxidation sites excluding steroid dienone is 1. The molecule has 19 heavy (non-hydrogen) atoms. The van der Waals surface area contributed by atoms with Gasteiger partial charge in [0.05, 0.1) is 5.02 Å². The number of carbonyl (C=O) groups excluding carboxylic acids is 1. The van der Waals surface area contributed by atoms with Gasteiger partial charge in [0.2, 0.25) is 0 Å². The Morgan fingerprint density at radius 2 is 2.21 bits per heavy atom. The van der Waals surface area contributed by atoms with Gasteiger partial charge in [-0.25, -0.2) is 0 Å². The minimum atomic E-state index is -0.0466. The van der Waals surface area contributed by atoms with Gasteiger partial charge in [-0.05, 0) is 72.9 Å². The van der Waals surface area contributed by atoms with E-state index in [0.29, 0.717) is 17.1 Å². The van der Waals surface area contributed by atoms with E-state index in [1.54, 1.807) is 6.07 Å². The van der Waals surface area contributed by atoms with Gasteiger partial charge >= 0.3 is 0 Å². The van der Waals surface area contributed by atoms with Gasteiger partial charge in [0, 0.05) is 15.7 Å². The monoisotopic (exact) mass is 389 g/mol. The first-order valence-corrected chi connectivity index (χ1v) is 8.03. The van der Waals surface area contributed by atoms with E-state index < -0.39 is 0 Å². The minimum absolute atomic E-state index is 0.0466. The van der Waals surface area contributed by atoms with Crippen LogP contribution in [0.4, 0.5) is 0 Å². The van der Waals surface area contributed by atoms with Crippen LogP contribution in [0.1, 0.15) is 42.5 Å². The van der Waals surface area contributed by atoms with Crippen molar-refractivity contribution in [1.82, 2.24) is 5.32 Å². The SMILES string of the molecule is O=C(NCCC1=CCCCC1)c1ccc(I)c(Cl)c1. The van der Waals surface area contributed by atoms with Crippen LogP contribution >= 0.6 is 34.2 Å². The van der Waals surface area contributed by atoms with Crippen LogP contribution in [0.3, 0.4) is 0 Å². The first-order valence-electron chi connectivity index (χ1n) is 6.58. The van der Waals surface area contributed by atoms with Crippen LogP contribution in [0.2, 0.25) is 5.02 Å². The smallest absolute Gasteiger partial charge is 0.251 e. The van der Waals surface area contributed by atoms with Gasteiger partial charge in [-0.3, -0.25) is 4.79 Å². The molecule has 0 radical (unpaired) electrons. The Balaban J connectivity index is 1.83. The molecule has 0 saturated heterocycles. The van der Waals surface area contributed by atoms with Gasteiger partial charge in [-0.2, -0.15) is 0 Å². The third-order valence-corrected chi connectivity index (χ3v) is 4.87. The van der Waals surface area contributed by atoms with Gasteiger partial charge in [-0.15, -0.1) is 0 Å². The van der Waals surface area contributed by atoms with Crippen LogP contribution in [0, 0.1) is 3.57 Å². The molecule has 0 bridgehead atoms. The molecule has 1 aromatic carbocycles. The fraction of sp³-hybridized carbons (Fsp3) is 0.400. The number of hydrogen-bond donors (Lipinski definition) is 1. The normalized spacial score (nSPS) is 14.9. The third-order valence-electron chi connectivity index (χ3n) is 3.30. The van der Waals surface area contributed by atoms with E-state index in [0.717, 1.165) is 9.99 Å². The van der Waals surface area contributed by atoms with Crippen LogP contribution < -0.4 is 5.32 Å². The molecule has 1 aliphatic rings. The largest absolute Gasteiger partial charge is 0.352 e. The lowest BCUT2D eigenvalue weighted by molar-refractivity contribution is 0.0954.